The first-order valence-corrected chi connectivity index (χ1v) is 7.40. The van der Waals surface area contributed by atoms with Gasteiger partial charge in [-0.25, -0.2) is 4.79 Å². The summed E-state index contributed by atoms with van der Waals surface area (Å²) in [5.74, 6) is 1.24. The number of carbonyl (C=O) groups is 1. The van der Waals surface area contributed by atoms with Crippen LogP contribution in [-0.4, -0.2) is 24.3 Å². The summed E-state index contributed by atoms with van der Waals surface area (Å²) in [4.78, 5) is 11.8. The minimum Gasteiger partial charge on any atom is -0.449 e. The predicted molar refractivity (Wildman–Crippen MR) is 83.1 cm³/mol. The van der Waals surface area contributed by atoms with Crippen molar-refractivity contribution in [3.63, 3.8) is 0 Å². The molecule has 0 saturated heterocycles. The summed E-state index contributed by atoms with van der Waals surface area (Å²) >= 11 is 0. The number of hydrogen-bond donors (Lipinski definition) is 2. The van der Waals surface area contributed by atoms with E-state index in [-0.39, 0.29) is 12.0 Å². The van der Waals surface area contributed by atoms with E-state index in [0.29, 0.717) is 24.6 Å². The molecule has 1 rings (SSSR count). The Bertz CT molecular complexity index is 523. The van der Waals surface area contributed by atoms with Crippen LogP contribution >= 0.6 is 0 Å². The number of nitrogens with zero attached hydrogens (tertiary/aromatic N) is 1. The minimum atomic E-state index is -0.513. The third-order valence-electron chi connectivity index (χ3n) is 2.94. The van der Waals surface area contributed by atoms with E-state index < -0.39 is 11.7 Å². The van der Waals surface area contributed by atoms with Crippen molar-refractivity contribution in [2.45, 2.75) is 52.8 Å². The number of alkyl carbamates (subject to hydrolysis) is 1. The Morgan fingerprint density at radius 2 is 2.09 bits per heavy atom. The van der Waals surface area contributed by atoms with Crippen LogP contribution in [0.25, 0.3) is 0 Å². The first kappa shape index (κ1) is 18.1. The molecule has 0 aromatic carbocycles. The van der Waals surface area contributed by atoms with E-state index in [2.05, 4.69) is 10.6 Å². The van der Waals surface area contributed by atoms with Crippen LogP contribution in [0.15, 0.2) is 16.5 Å². The van der Waals surface area contributed by atoms with Crippen LogP contribution in [0.1, 0.15) is 46.1 Å². The van der Waals surface area contributed by atoms with Crippen molar-refractivity contribution in [3.05, 3.63) is 23.7 Å². The summed E-state index contributed by atoms with van der Waals surface area (Å²) in [5.41, 5.74) is -0.513. The Kier molecular flexibility index (Phi) is 6.44. The summed E-state index contributed by atoms with van der Waals surface area (Å²) in [6.07, 6.45) is -0.419. The molecular formula is C16H25N3O3. The number of carbonyl (C=O) groups excluding carboxylic acids is 1. The number of hydrogen-bond acceptors (Lipinski definition) is 5. The second kappa shape index (κ2) is 7.85. The monoisotopic (exact) mass is 307 g/mol. The van der Waals surface area contributed by atoms with Crippen LogP contribution in [0.4, 0.5) is 4.79 Å². The van der Waals surface area contributed by atoms with Gasteiger partial charge in [0.2, 0.25) is 5.76 Å². The molecular weight excluding hydrogens is 282 g/mol. The summed E-state index contributed by atoms with van der Waals surface area (Å²) in [6, 6.07) is 5.29. The number of nitrogens with one attached hydrogen (secondary N) is 2. The number of nitriles is 1. The average Bonchev–Trinajstić information content (AvgIpc) is 2.83. The number of ether oxygens (including phenoxy) is 1. The third-order valence-corrected chi connectivity index (χ3v) is 2.94. The van der Waals surface area contributed by atoms with Gasteiger partial charge in [0.25, 0.3) is 0 Å². The topological polar surface area (TPSA) is 87.3 Å². The normalized spacial score (nSPS) is 12.8. The molecule has 0 fully saturated rings. The molecule has 122 valence electrons. The van der Waals surface area contributed by atoms with Crippen molar-refractivity contribution >= 4 is 6.09 Å². The van der Waals surface area contributed by atoms with Gasteiger partial charge < -0.3 is 19.8 Å². The average molecular weight is 307 g/mol. The molecule has 1 aromatic heterocycles. The van der Waals surface area contributed by atoms with Gasteiger partial charge in [-0.3, -0.25) is 0 Å². The SMILES string of the molecule is CC(C)C(CNCc1ccc(C#N)o1)NC(=O)OC(C)(C)C. The largest absolute Gasteiger partial charge is 0.449 e. The van der Waals surface area contributed by atoms with Crippen molar-refractivity contribution in [1.82, 2.24) is 10.6 Å². The van der Waals surface area contributed by atoms with Gasteiger partial charge in [-0.15, -0.1) is 0 Å². The Balaban J connectivity index is 2.44. The molecule has 1 atom stereocenters. The van der Waals surface area contributed by atoms with Crippen molar-refractivity contribution in [1.29, 1.82) is 5.26 Å². The maximum atomic E-state index is 11.8. The zero-order chi connectivity index (χ0) is 16.8. The summed E-state index contributed by atoms with van der Waals surface area (Å²) < 4.78 is 10.6. The Hall–Kier alpha value is -2.00. The predicted octanol–water partition coefficient (Wildman–Crippen LogP) is 2.79. The van der Waals surface area contributed by atoms with E-state index in [9.17, 15) is 4.79 Å². The molecule has 0 aliphatic heterocycles. The molecule has 22 heavy (non-hydrogen) atoms. The van der Waals surface area contributed by atoms with Gasteiger partial charge >= 0.3 is 6.09 Å². The molecule has 0 aliphatic carbocycles. The molecule has 1 aromatic rings. The second-order valence-electron chi connectivity index (χ2n) is 6.51. The third kappa shape index (κ3) is 6.64. The van der Waals surface area contributed by atoms with Crippen LogP contribution < -0.4 is 10.6 Å². The molecule has 6 heteroatoms. The van der Waals surface area contributed by atoms with Gasteiger partial charge in [0.05, 0.1) is 6.54 Å². The first-order valence-electron chi connectivity index (χ1n) is 7.40. The Morgan fingerprint density at radius 3 is 2.59 bits per heavy atom. The first-order chi connectivity index (χ1) is 10.2. The Morgan fingerprint density at radius 1 is 1.41 bits per heavy atom. The smallest absolute Gasteiger partial charge is 0.407 e. The van der Waals surface area contributed by atoms with Crippen LogP contribution in [0.5, 0.6) is 0 Å². The molecule has 1 amide bonds. The molecule has 6 nitrogen and oxygen atoms in total. The lowest BCUT2D eigenvalue weighted by atomic mass is 10.0. The van der Waals surface area contributed by atoms with E-state index in [1.54, 1.807) is 12.1 Å². The zero-order valence-corrected chi connectivity index (χ0v) is 13.9. The summed E-state index contributed by atoms with van der Waals surface area (Å²) in [5, 5.41) is 14.8. The van der Waals surface area contributed by atoms with Crippen LogP contribution in [0, 0.1) is 17.2 Å². The van der Waals surface area contributed by atoms with Gasteiger partial charge in [-0.1, -0.05) is 13.8 Å². The molecule has 0 saturated carbocycles. The second-order valence-corrected chi connectivity index (χ2v) is 6.51. The van der Waals surface area contributed by atoms with Gasteiger partial charge in [-0.05, 0) is 38.8 Å². The summed E-state index contributed by atoms with van der Waals surface area (Å²) in [7, 11) is 0. The zero-order valence-electron chi connectivity index (χ0n) is 13.9. The molecule has 0 radical (unpaired) electrons. The lowest BCUT2D eigenvalue weighted by Crippen LogP contribution is -2.46. The highest BCUT2D eigenvalue weighted by molar-refractivity contribution is 5.68. The molecule has 0 aliphatic rings. The molecule has 2 N–H and O–H groups in total. The lowest BCUT2D eigenvalue weighted by Gasteiger charge is -2.26. The van der Waals surface area contributed by atoms with Crippen molar-refractivity contribution in [2.75, 3.05) is 6.54 Å². The minimum absolute atomic E-state index is 0.0553. The Labute approximate surface area is 131 Å². The van der Waals surface area contributed by atoms with E-state index in [1.165, 1.54) is 0 Å². The highest BCUT2D eigenvalue weighted by atomic mass is 16.6. The fourth-order valence-corrected chi connectivity index (χ4v) is 1.80. The van der Waals surface area contributed by atoms with E-state index in [1.807, 2.05) is 40.7 Å². The molecule has 1 heterocycles. The van der Waals surface area contributed by atoms with Gasteiger partial charge in [0, 0.05) is 12.6 Å². The van der Waals surface area contributed by atoms with Crippen molar-refractivity contribution in [2.24, 2.45) is 5.92 Å². The highest BCUT2D eigenvalue weighted by Gasteiger charge is 2.21. The number of amides is 1. The lowest BCUT2D eigenvalue weighted by molar-refractivity contribution is 0.0490. The maximum Gasteiger partial charge on any atom is 0.407 e. The fourth-order valence-electron chi connectivity index (χ4n) is 1.80. The van der Waals surface area contributed by atoms with E-state index in [0.717, 1.165) is 0 Å². The molecule has 0 spiro atoms. The van der Waals surface area contributed by atoms with Crippen molar-refractivity contribution < 1.29 is 13.9 Å². The maximum absolute atomic E-state index is 11.8. The van der Waals surface area contributed by atoms with Crippen LogP contribution in [0.3, 0.4) is 0 Å². The number of rotatable bonds is 6. The van der Waals surface area contributed by atoms with Crippen LogP contribution in [0.2, 0.25) is 0 Å². The van der Waals surface area contributed by atoms with Gasteiger partial charge in [0.15, 0.2) is 0 Å². The molecule has 1 unspecified atom stereocenters. The highest BCUT2D eigenvalue weighted by Crippen LogP contribution is 2.09. The quantitative estimate of drug-likeness (QED) is 0.844. The van der Waals surface area contributed by atoms with E-state index >= 15 is 0 Å². The van der Waals surface area contributed by atoms with Crippen molar-refractivity contribution in [3.8, 4) is 6.07 Å². The number of furan rings is 1. The standard InChI is InChI=1S/C16H25N3O3/c1-11(2)14(19-15(20)22-16(3,4)5)10-18-9-13-7-6-12(8-17)21-13/h6-7,11,14,18H,9-10H2,1-5H3,(H,19,20). The van der Waals surface area contributed by atoms with Crippen LogP contribution in [-0.2, 0) is 11.3 Å². The summed E-state index contributed by atoms with van der Waals surface area (Å²) in [6.45, 7) is 10.6. The van der Waals surface area contributed by atoms with Gasteiger partial charge in [0.1, 0.15) is 17.4 Å². The molecule has 0 bridgehead atoms. The van der Waals surface area contributed by atoms with E-state index in [4.69, 9.17) is 14.4 Å². The van der Waals surface area contributed by atoms with Gasteiger partial charge in [-0.2, -0.15) is 5.26 Å². The fraction of sp³-hybridized carbons (Fsp3) is 0.625.